The quantitative estimate of drug-likeness (QED) is 0.564. The lowest BCUT2D eigenvalue weighted by atomic mass is 9.90. The van der Waals surface area contributed by atoms with Gasteiger partial charge in [-0.2, -0.15) is 0 Å². The lowest BCUT2D eigenvalue weighted by Gasteiger charge is -2.40. The van der Waals surface area contributed by atoms with Crippen molar-refractivity contribution in [1.82, 2.24) is 10.2 Å². The van der Waals surface area contributed by atoms with Gasteiger partial charge < -0.3 is 10.1 Å². The van der Waals surface area contributed by atoms with Crippen LogP contribution in [-0.2, 0) is 17.6 Å². The summed E-state index contributed by atoms with van der Waals surface area (Å²) in [6, 6.07) is 20.7. The first kappa shape index (κ1) is 21.6. The van der Waals surface area contributed by atoms with Gasteiger partial charge in [-0.05, 0) is 61.1 Å². The van der Waals surface area contributed by atoms with E-state index in [0.29, 0.717) is 0 Å². The van der Waals surface area contributed by atoms with Gasteiger partial charge in [0.1, 0.15) is 11.8 Å². The molecule has 0 spiro atoms. The molecule has 0 aliphatic carbocycles. The summed E-state index contributed by atoms with van der Waals surface area (Å²) in [5.74, 6) is 0.929. The molecule has 5 heteroatoms. The number of hydrogen-bond donors (Lipinski definition) is 1. The minimum Gasteiger partial charge on any atom is -0.497 e. The minimum atomic E-state index is -0.291. The Morgan fingerprint density at radius 3 is 2.61 bits per heavy atom. The molecule has 3 aromatic rings. The molecule has 1 aliphatic heterocycles. The zero-order chi connectivity index (χ0) is 21.8. The molecule has 1 amide bonds. The van der Waals surface area contributed by atoms with E-state index in [1.807, 2.05) is 41.7 Å². The highest BCUT2D eigenvalue weighted by molar-refractivity contribution is 7.12. The van der Waals surface area contributed by atoms with Crippen molar-refractivity contribution in [2.75, 3.05) is 20.7 Å². The summed E-state index contributed by atoms with van der Waals surface area (Å²) < 4.78 is 5.30. The van der Waals surface area contributed by atoms with E-state index in [1.54, 1.807) is 14.2 Å². The molecule has 4 rings (SSSR count). The first-order valence-electron chi connectivity index (χ1n) is 10.8. The highest BCUT2D eigenvalue weighted by Crippen LogP contribution is 2.42. The second-order valence-corrected chi connectivity index (χ2v) is 9.39. The van der Waals surface area contributed by atoms with Crippen molar-refractivity contribution in [2.45, 2.75) is 38.3 Å². The van der Waals surface area contributed by atoms with Crippen molar-refractivity contribution in [3.05, 3.63) is 87.1 Å². The smallest absolute Gasteiger partial charge is 0.241 e. The molecule has 1 N–H and O–H groups in total. The summed E-state index contributed by atoms with van der Waals surface area (Å²) in [7, 11) is 3.42. The highest BCUT2D eigenvalue weighted by atomic mass is 32.1. The number of fused-ring (bicyclic) bond motifs is 1. The Bertz CT molecular complexity index is 1010. The van der Waals surface area contributed by atoms with Crippen molar-refractivity contribution in [1.29, 1.82) is 0 Å². The lowest BCUT2D eigenvalue weighted by molar-refractivity contribution is -0.127. The highest BCUT2D eigenvalue weighted by Gasteiger charge is 2.37. The van der Waals surface area contributed by atoms with E-state index >= 15 is 0 Å². The molecule has 2 atom stereocenters. The molecule has 4 nitrogen and oxygen atoms in total. The van der Waals surface area contributed by atoms with E-state index < -0.39 is 0 Å². The third-order valence-corrected chi connectivity index (χ3v) is 7.25. The van der Waals surface area contributed by atoms with E-state index in [4.69, 9.17) is 4.74 Å². The van der Waals surface area contributed by atoms with Crippen LogP contribution in [0.5, 0.6) is 5.75 Å². The number of methoxy groups -OCH3 is 1. The number of aryl methyl sites for hydroxylation is 2. The Balaban J connectivity index is 1.66. The van der Waals surface area contributed by atoms with Crippen molar-refractivity contribution in [3.63, 3.8) is 0 Å². The summed E-state index contributed by atoms with van der Waals surface area (Å²) in [5.41, 5.74) is 3.73. The van der Waals surface area contributed by atoms with E-state index in [9.17, 15) is 4.79 Å². The normalized spacial score (nSPS) is 17.1. The van der Waals surface area contributed by atoms with Crippen LogP contribution in [0.4, 0.5) is 0 Å². The molecule has 0 unspecified atom stereocenters. The summed E-state index contributed by atoms with van der Waals surface area (Å²) in [5, 5.41) is 2.91. The molecule has 2 aromatic carbocycles. The molecule has 1 aliphatic rings. The third-order valence-electron chi connectivity index (χ3n) is 6.13. The maximum Gasteiger partial charge on any atom is 0.241 e. The van der Waals surface area contributed by atoms with Gasteiger partial charge in [0.05, 0.1) is 7.11 Å². The monoisotopic (exact) mass is 434 g/mol. The first-order valence-corrected chi connectivity index (χ1v) is 11.7. The van der Waals surface area contributed by atoms with Crippen LogP contribution in [0.3, 0.4) is 0 Å². The molecule has 0 saturated heterocycles. The number of nitrogens with one attached hydrogen (secondary N) is 1. The largest absolute Gasteiger partial charge is 0.497 e. The Morgan fingerprint density at radius 1 is 1.19 bits per heavy atom. The first-order chi connectivity index (χ1) is 15.1. The van der Waals surface area contributed by atoms with E-state index in [-0.39, 0.29) is 18.0 Å². The van der Waals surface area contributed by atoms with Gasteiger partial charge >= 0.3 is 0 Å². The summed E-state index contributed by atoms with van der Waals surface area (Å²) >= 11 is 1.90. The van der Waals surface area contributed by atoms with Crippen LogP contribution < -0.4 is 10.1 Å². The van der Waals surface area contributed by atoms with E-state index in [2.05, 4.69) is 47.5 Å². The van der Waals surface area contributed by atoms with Crippen LogP contribution in [0.1, 0.15) is 44.9 Å². The number of rotatable bonds is 7. The molecule has 0 saturated carbocycles. The standard InChI is InChI=1S/C26H30N2O2S/c1-18-17-22-23(14-11-19-9-12-21(30-3)13-10-19)28(16-15-24(22)31-18)25(26(29)27-2)20-7-5-4-6-8-20/h4-10,12-13,17,23,25H,11,14-16H2,1-3H3,(H,27,29)/t23-,25+/m0/s1. The molecule has 0 fully saturated rings. The van der Waals surface area contributed by atoms with Crippen LogP contribution in [0.2, 0.25) is 0 Å². The number of likely N-dealkylation sites (N-methyl/N-ethyl adjacent to an activating group) is 1. The van der Waals surface area contributed by atoms with Gasteiger partial charge in [-0.1, -0.05) is 42.5 Å². The zero-order valence-corrected chi connectivity index (χ0v) is 19.2. The fourth-order valence-corrected chi connectivity index (χ4v) is 5.70. The molecule has 1 aromatic heterocycles. The lowest BCUT2D eigenvalue weighted by Crippen LogP contribution is -2.44. The Kier molecular flexibility index (Phi) is 6.73. The van der Waals surface area contributed by atoms with Gasteiger partial charge in [0, 0.05) is 29.4 Å². The molecular formula is C26H30N2O2S. The molecule has 0 radical (unpaired) electrons. The van der Waals surface area contributed by atoms with Gasteiger partial charge in [0.15, 0.2) is 0 Å². The minimum absolute atomic E-state index is 0.0519. The Morgan fingerprint density at radius 2 is 1.94 bits per heavy atom. The SMILES string of the molecule is CNC(=O)[C@@H](c1ccccc1)N1CCc2sc(C)cc2[C@@H]1CCc1ccc(OC)cc1. The van der Waals surface area contributed by atoms with Crippen LogP contribution in [0, 0.1) is 6.92 Å². The number of amides is 1. The van der Waals surface area contributed by atoms with Gasteiger partial charge in [-0.3, -0.25) is 9.69 Å². The molecule has 31 heavy (non-hydrogen) atoms. The molecule has 2 heterocycles. The van der Waals surface area contributed by atoms with Crippen LogP contribution >= 0.6 is 11.3 Å². The number of carbonyl (C=O) groups is 1. The Hall–Kier alpha value is -2.63. The molecular weight excluding hydrogens is 404 g/mol. The van der Waals surface area contributed by atoms with Gasteiger partial charge in [-0.15, -0.1) is 11.3 Å². The van der Waals surface area contributed by atoms with Gasteiger partial charge in [0.2, 0.25) is 5.91 Å². The topological polar surface area (TPSA) is 41.6 Å². The van der Waals surface area contributed by atoms with Crippen molar-refractivity contribution in [3.8, 4) is 5.75 Å². The van der Waals surface area contributed by atoms with Crippen LogP contribution in [0.25, 0.3) is 0 Å². The zero-order valence-electron chi connectivity index (χ0n) is 18.4. The third kappa shape index (κ3) is 4.68. The summed E-state index contributed by atoms with van der Waals surface area (Å²) in [6.07, 6.45) is 2.91. The number of carbonyl (C=O) groups excluding carboxylic acids is 1. The maximum absolute atomic E-state index is 13.1. The van der Waals surface area contributed by atoms with Crippen molar-refractivity contribution >= 4 is 17.2 Å². The van der Waals surface area contributed by atoms with Gasteiger partial charge in [-0.25, -0.2) is 0 Å². The summed E-state index contributed by atoms with van der Waals surface area (Å²) in [4.78, 5) is 18.3. The Labute approximate surface area is 188 Å². The number of hydrogen-bond acceptors (Lipinski definition) is 4. The fourth-order valence-electron chi connectivity index (χ4n) is 4.62. The average Bonchev–Trinajstić information content (AvgIpc) is 3.19. The predicted octanol–water partition coefficient (Wildman–Crippen LogP) is 5.08. The summed E-state index contributed by atoms with van der Waals surface area (Å²) in [6.45, 7) is 3.06. The van der Waals surface area contributed by atoms with Crippen molar-refractivity contribution < 1.29 is 9.53 Å². The molecule has 162 valence electrons. The van der Waals surface area contributed by atoms with Crippen LogP contribution in [-0.4, -0.2) is 31.5 Å². The van der Waals surface area contributed by atoms with Crippen LogP contribution in [0.15, 0.2) is 60.7 Å². The fraction of sp³-hybridized carbons (Fsp3) is 0.346. The second-order valence-electron chi connectivity index (χ2n) is 8.05. The number of ether oxygens (including phenoxy) is 1. The number of nitrogens with zero attached hydrogens (tertiary/aromatic N) is 1. The molecule has 0 bridgehead atoms. The van der Waals surface area contributed by atoms with E-state index in [1.165, 1.54) is 20.9 Å². The average molecular weight is 435 g/mol. The number of benzene rings is 2. The van der Waals surface area contributed by atoms with Gasteiger partial charge in [0.25, 0.3) is 0 Å². The van der Waals surface area contributed by atoms with Crippen molar-refractivity contribution in [2.24, 2.45) is 0 Å². The maximum atomic E-state index is 13.1. The predicted molar refractivity (Wildman–Crippen MR) is 127 cm³/mol. The van der Waals surface area contributed by atoms with E-state index in [0.717, 1.165) is 37.1 Å². The second kappa shape index (κ2) is 9.67. The number of thiophene rings is 1.